The van der Waals surface area contributed by atoms with E-state index in [4.69, 9.17) is 0 Å². The number of urea groups is 1. The fourth-order valence-corrected chi connectivity index (χ4v) is 4.16. The molecule has 0 radical (unpaired) electrons. The molecule has 3 aromatic rings. The molecule has 0 fully saturated rings. The van der Waals surface area contributed by atoms with Crippen molar-refractivity contribution in [1.29, 1.82) is 0 Å². The van der Waals surface area contributed by atoms with E-state index in [0.717, 1.165) is 23.2 Å². The third-order valence-corrected chi connectivity index (χ3v) is 5.92. The number of sulfone groups is 1. The summed E-state index contributed by atoms with van der Waals surface area (Å²) in [5, 5.41) is 5.06. The van der Waals surface area contributed by atoms with Crippen molar-refractivity contribution in [1.82, 2.24) is 10.3 Å². The van der Waals surface area contributed by atoms with E-state index in [2.05, 4.69) is 15.6 Å². The second-order valence-electron chi connectivity index (χ2n) is 5.84. The van der Waals surface area contributed by atoms with Crippen LogP contribution in [0.25, 0.3) is 10.2 Å². The van der Waals surface area contributed by atoms with Crippen molar-refractivity contribution in [3.05, 3.63) is 53.6 Å². The highest BCUT2D eigenvalue weighted by Crippen LogP contribution is 2.28. The third-order valence-electron chi connectivity index (χ3n) is 3.88. The minimum atomic E-state index is -3.33. The van der Waals surface area contributed by atoms with Crippen LogP contribution in [0.4, 0.5) is 9.93 Å². The lowest BCUT2D eigenvalue weighted by molar-refractivity contribution is 0.0966. The normalized spacial score (nSPS) is 11.3. The largest absolute Gasteiger partial charge is 0.327 e. The summed E-state index contributed by atoms with van der Waals surface area (Å²) in [6.07, 6.45) is 1.80. The number of aryl methyl sites for hydroxylation is 1. The molecule has 0 atom stereocenters. The molecule has 3 rings (SSSR count). The van der Waals surface area contributed by atoms with E-state index in [0.29, 0.717) is 22.2 Å². The number of imide groups is 1. The van der Waals surface area contributed by atoms with Gasteiger partial charge in [0.1, 0.15) is 0 Å². The second kappa shape index (κ2) is 7.45. The van der Waals surface area contributed by atoms with Crippen LogP contribution in [0.3, 0.4) is 0 Å². The Balaban J connectivity index is 1.75. The first-order valence-corrected chi connectivity index (χ1v) is 10.8. The topological polar surface area (TPSA) is 105 Å². The molecule has 0 unspecified atom stereocenters. The molecule has 1 heterocycles. The Morgan fingerprint density at radius 3 is 2.59 bits per heavy atom. The van der Waals surface area contributed by atoms with Crippen molar-refractivity contribution in [2.24, 2.45) is 0 Å². The van der Waals surface area contributed by atoms with Gasteiger partial charge in [-0.2, -0.15) is 0 Å². The average Bonchev–Trinajstić information content (AvgIpc) is 3.01. The number of thiazole rings is 1. The molecule has 0 bridgehead atoms. The quantitative estimate of drug-likeness (QED) is 0.696. The number of benzene rings is 2. The maximum absolute atomic E-state index is 12.3. The Labute approximate surface area is 160 Å². The summed E-state index contributed by atoms with van der Waals surface area (Å²) in [6.45, 7) is 1.93. The molecule has 3 amide bonds. The number of aromatic nitrogens is 1. The van der Waals surface area contributed by atoms with Crippen molar-refractivity contribution < 1.29 is 18.0 Å². The zero-order valence-electron chi connectivity index (χ0n) is 14.6. The van der Waals surface area contributed by atoms with Gasteiger partial charge in [0.15, 0.2) is 15.0 Å². The zero-order chi connectivity index (χ0) is 19.6. The van der Waals surface area contributed by atoms with Crippen LogP contribution in [0.15, 0.2) is 47.4 Å². The van der Waals surface area contributed by atoms with E-state index in [1.807, 2.05) is 19.1 Å². The van der Waals surface area contributed by atoms with Crippen molar-refractivity contribution in [3.8, 4) is 0 Å². The van der Waals surface area contributed by atoms with Crippen molar-refractivity contribution in [2.45, 2.75) is 18.2 Å². The molecule has 140 valence electrons. The summed E-state index contributed by atoms with van der Waals surface area (Å²) in [4.78, 5) is 28.8. The maximum atomic E-state index is 12.3. The van der Waals surface area contributed by atoms with Crippen molar-refractivity contribution >= 4 is 48.5 Å². The second-order valence-corrected chi connectivity index (χ2v) is 8.89. The number of fused-ring (bicyclic) bond motifs is 1. The molecule has 0 aliphatic carbocycles. The van der Waals surface area contributed by atoms with E-state index >= 15 is 0 Å². The summed E-state index contributed by atoms with van der Waals surface area (Å²) < 4.78 is 23.9. The first-order chi connectivity index (χ1) is 12.8. The summed E-state index contributed by atoms with van der Waals surface area (Å²) >= 11 is 1.13. The number of nitrogens with one attached hydrogen (secondary N) is 2. The predicted octanol–water partition coefficient (Wildman–Crippen LogP) is 3.22. The first kappa shape index (κ1) is 19.0. The molecule has 0 saturated heterocycles. The van der Waals surface area contributed by atoms with Gasteiger partial charge in [-0.3, -0.25) is 15.4 Å². The highest BCUT2D eigenvalue weighted by Gasteiger charge is 2.15. The van der Waals surface area contributed by atoms with E-state index in [1.54, 1.807) is 18.2 Å². The van der Waals surface area contributed by atoms with Gasteiger partial charge < -0.3 is 0 Å². The molecule has 2 N–H and O–H groups in total. The van der Waals surface area contributed by atoms with Crippen molar-refractivity contribution in [2.75, 3.05) is 11.6 Å². The van der Waals surface area contributed by atoms with Crippen LogP contribution in [-0.2, 0) is 16.3 Å². The monoisotopic (exact) mass is 403 g/mol. The van der Waals surface area contributed by atoms with Crippen LogP contribution >= 0.6 is 11.3 Å². The van der Waals surface area contributed by atoms with Gasteiger partial charge >= 0.3 is 6.03 Å². The molecule has 7 nitrogen and oxygen atoms in total. The number of carbonyl (C=O) groups is 2. The molecular formula is C18H17N3O4S2. The van der Waals surface area contributed by atoms with E-state index in [1.165, 1.54) is 12.1 Å². The molecule has 27 heavy (non-hydrogen) atoms. The van der Waals surface area contributed by atoms with Gasteiger partial charge in [-0.05, 0) is 36.2 Å². The molecule has 0 spiro atoms. The van der Waals surface area contributed by atoms with E-state index < -0.39 is 21.8 Å². The van der Waals surface area contributed by atoms with Gasteiger partial charge in [0.2, 0.25) is 0 Å². The number of carbonyl (C=O) groups excluding carboxylic acids is 2. The summed E-state index contributed by atoms with van der Waals surface area (Å²) in [5.74, 6) is -0.495. The number of rotatable bonds is 4. The third kappa shape index (κ3) is 4.32. The van der Waals surface area contributed by atoms with Gasteiger partial charge in [-0.15, -0.1) is 0 Å². The SMILES string of the molecule is CCc1ccccc1C(=O)NC(=O)Nc1nc2ccc(S(C)(=O)=O)cc2s1. The zero-order valence-corrected chi connectivity index (χ0v) is 16.3. The number of hydrogen-bond donors (Lipinski definition) is 2. The van der Waals surface area contributed by atoms with Crippen LogP contribution < -0.4 is 10.6 Å². The maximum Gasteiger partial charge on any atom is 0.327 e. The fraction of sp³-hybridized carbons (Fsp3) is 0.167. The molecule has 9 heteroatoms. The molecular weight excluding hydrogens is 386 g/mol. The lowest BCUT2D eigenvalue weighted by Gasteiger charge is -2.07. The van der Waals surface area contributed by atoms with Crippen LogP contribution in [0.5, 0.6) is 0 Å². The molecule has 0 saturated carbocycles. The Kier molecular flexibility index (Phi) is 5.24. The van der Waals surface area contributed by atoms with Crippen LogP contribution in [0.2, 0.25) is 0 Å². The first-order valence-electron chi connectivity index (χ1n) is 8.09. The van der Waals surface area contributed by atoms with Crippen LogP contribution in [0, 0.1) is 0 Å². The Hall–Kier alpha value is -2.78. The Morgan fingerprint density at radius 2 is 1.89 bits per heavy atom. The van der Waals surface area contributed by atoms with Crippen molar-refractivity contribution in [3.63, 3.8) is 0 Å². The molecule has 2 aromatic carbocycles. The van der Waals surface area contributed by atoms with E-state index in [9.17, 15) is 18.0 Å². The predicted molar refractivity (Wildman–Crippen MR) is 105 cm³/mol. The summed E-state index contributed by atoms with van der Waals surface area (Å²) in [5.41, 5.74) is 1.85. The molecule has 0 aliphatic heterocycles. The molecule has 1 aromatic heterocycles. The Bertz CT molecular complexity index is 1140. The van der Waals surface area contributed by atoms with Crippen LogP contribution in [0.1, 0.15) is 22.8 Å². The Morgan fingerprint density at radius 1 is 1.15 bits per heavy atom. The average molecular weight is 403 g/mol. The number of amides is 3. The number of anilines is 1. The van der Waals surface area contributed by atoms with Gasteiger partial charge in [-0.1, -0.05) is 36.5 Å². The van der Waals surface area contributed by atoms with Crippen LogP contribution in [-0.4, -0.2) is 31.6 Å². The summed E-state index contributed by atoms with van der Waals surface area (Å²) in [6, 6.07) is 10.9. The number of nitrogens with zero attached hydrogens (tertiary/aromatic N) is 1. The highest BCUT2D eigenvalue weighted by molar-refractivity contribution is 7.90. The lowest BCUT2D eigenvalue weighted by Crippen LogP contribution is -2.34. The minimum absolute atomic E-state index is 0.181. The smallest absolute Gasteiger partial charge is 0.283 e. The summed E-state index contributed by atoms with van der Waals surface area (Å²) in [7, 11) is -3.33. The standard InChI is InChI=1S/C18H17N3O4S2/c1-3-11-6-4-5-7-13(11)16(22)20-17(23)21-18-19-14-9-8-12(27(2,24)25)10-15(14)26-18/h4-10H,3H2,1-2H3,(H2,19,20,21,22,23). The lowest BCUT2D eigenvalue weighted by atomic mass is 10.1. The highest BCUT2D eigenvalue weighted by atomic mass is 32.2. The number of hydrogen-bond acceptors (Lipinski definition) is 6. The fourth-order valence-electron chi connectivity index (χ4n) is 2.54. The van der Waals surface area contributed by atoms with Gasteiger partial charge in [-0.25, -0.2) is 18.2 Å². The van der Waals surface area contributed by atoms with Gasteiger partial charge in [0.05, 0.1) is 15.1 Å². The molecule has 0 aliphatic rings. The minimum Gasteiger partial charge on any atom is -0.283 e. The van der Waals surface area contributed by atoms with Gasteiger partial charge in [0.25, 0.3) is 5.91 Å². The van der Waals surface area contributed by atoms with E-state index in [-0.39, 0.29) is 10.0 Å². The van der Waals surface area contributed by atoms with Gasteiger partial charge in [0, 0.05) is 11.8 Å².